The van der Waals surface area contributed by atoms with Crippen LogP contribution in [0.2, 0.25) is 10.0 Å². The summed E-state index contributed by atoms with van der Waals surface area (Å²) in [7, 11) is 0. The van der Waals surface area contributed by atoms with Gasteiger partial charge in [-0.05, 0) is 60.3 Å². The van der Waals surface area contributed by atoms with Crippen molar-refractivity contribution >= 4 is 40.0 Å². The van der Waals surface area contributed by atoms with E-state index in [9.17, 15) is 4.79 Å². The molecule has 0 N–H and O–H groups in total. The first kappa shape index (κ1) is 15.3. The van der Waals surface area contributed by atoms with Crippen molar-refractivity contribution in [3.63, 3.8) is 0 Å². The van der Waals surface area contributed by atoms with Gasteiger partial charge in [0.25, 0.3) is 0 Å². The standard InChI is InChI=1S/C15H12Cl3NO/c1-15(14(18)20,9-10-4-6-19-7-5-10)12-3-2-11(16)8-13(12)17/h2-8H,9H2,1H3. The monoisotopic (exact) mass is 327 g/mol. The van der Waals surface area contributed by atoms with Gasteiger partial charge in [-0.15, -0.1) is 0 Å². The number of pyridine rings is 1. The second-order valence-corrected chi connectivity index (χ2v) is 5.95. The van der Waals surface area contributed by atoms with Crippen LogP contribution in [0.5, 0.6) is 0 Å². The Labute approximate surface area is 132 Å². The normalized spacial score (nSPS) is 13.8. The number of carbonyl (C=O) groups is 1. The zero-order valence-electron chi connectivity index (χ0n) is 10.7. The van der Waals surface area contributed by atoms with Crippen LogP contribution in [-0.4, -0.2) is 10.2 Å². The lowest BCUT2D eigenvalue weighted by molar-refractivity contribution is -0.116. The van der Waals surface area contributed by atoms with E-state index in [-0.39, 0.29) is 0 Å². The lowest BCUT2D eigenvalue weighted by Gasteiger charge is -2.27. The lowest BCUT2D eigenvalue weighted by atomic mass is 9.78. The minimum Gasteiger partial charge on any atom is -0.280 e. The van der Waals surface area contributed by atoms with Crippen molar-refractivity contribution < 1.29 is 4.79 Å². The van der Waals surface area contributed by atoms with Crippen LogP contribution in [0.1, 0.15) is 18.1 Å². The summed E-state index contributed by atoms with van der Waals surface area (Å²) >= 11 is 17.9. The maximum atomic E-state index is 12.0. The third-order valence-corrected chi connectivity index (χ3v) is 4.23. The predicted molar refractivity (Wildman–Crippen MR) is 82.6 cm³/mol. The van der Waals surface area contributed by atoms with Gasteiger partial charge in [0.1, 0.15) is 0 Å². The molecule has 1 unspecified atom stereocenters. The number of nitrogens with zero attached hydrogens (tertiary/aromatic N) is 1. The van der Waals surface area contributed by atoms with E-state index in [4.69, 9.17) is 34.8 Å². The first-order valence-electron chi connectivity index (χ1n) is 5.98. The number of carbonyl (C=O) groups excluding carboxylic acids is 1. The minimum absolute atomic E-state index is 0.433. The summed E-state index contributed by atoms with van der Waals surface area (Å²) in [5, 5.41) is 0.494. The van der Waals surface area contributed by atoms with Gasteiger partial charge in [-0.3, -0.25) is 9.78 Å². The fraction of sp³-hybridized carbons (Fsp3) is 0.200. The molecule has 5 heteroatoms. The van der Waals surface area contributed by atoms with E-state index in [1.807, 2.05) is 12.1 Å². The van der Waals surface area contributed by atoms with Gasteiger partial charge in [-0.1, -0.05) is 29.3 Å². The Kier molecular flexibility index (Phi) is 4.69. The second kappa shape index (κ2) is 6.13. The lowest BCUT2D eigenvalue weighted by Crippen LogP contribution is -2.32. The molecule has 0 fully saturated rings. The SMILES string of the molecule is CC(Cc1ccncc1)(C(=O)Cl)c1ccc(Cl)cc1Cl. The van der Waals surface area contributed by atoms with Crippen molar-refractivity contribution in [3.05, 3.63) is 63.9 Å². The summed E-state index contributed by atoms with van der Waals surface area (Å²) in [6, 6.07) is 8.76. The second-order valence-electron chi connectivity index (χ2n) is 4.76. The number of rotatable bonds is 4. The molecule has 2 rings (SSSR count). The van der Waals surface area contributed by atoms with Crippen LogP contribution in [0, 0.1) is 0 Å². The van der Waals surface area contributed by atoms with Crippen LogP contribution in [0.3, 0.4) is 0 Å². The van der Waals surface area contributed by atoms with Gasteiger partial charge < -0.3 is 0 Å². The highest BCUT2D eigenvalue weighted by Gasteiger charge is 2.36. The van der Waals surface area contributed by atoms with Gasteiger partial charge >= 0.3 is 0 Å². The molecule has 0 amide bonds. The predicted octanol–water partition coefficient (Wildman–Crippen LogP) is 4.65. The molecule has 0 aliphatic rings. The average molecular weight is 329 g/mol. The molecule has 1 atom stereocenters. The summed E-state index contributed by atoms with van der Waals surface area (Å²) in [6.07, 6.45) is 3.80. The third-order valence-electron chi connectivity index (χ3n) is 3.27. The zero-order chi connectivity index (χ0) is 14.8. The quantitative estimate of drug-likeness (QED) is 0.764. The van der Waals surface area contributed by atoms with Crippen LogP contribution >= 0.6 is 34.8 Å². The summed E-state index contributed by atoms with van der Waals surface area (Å²) in [6.45, 7) is 1.78. The fourth-order valence-corrected chi connectivity index (χ4v) is 2.90. The molecule has 20 heavy (non-hydrogen) atoms. The molecular weight excluding hydrogens is 317 g/mol. The first-order chi connectivity index (χ1) is 9.43. The number of aromatic nitrogens is 1. The highest BCUT2D eigenvalue weighted by molar-refractivity contribution is 6.65. The van der Waals surface area contributed by atoms with Crippen LogP contribution < -0.4 is 0 Å². The minimum atomic E-state index is -0.912. The Morgan fingerprint density at radius 3 is 2.40 bits per heavy atom. The van der Waals surface area contributed by atoms with Gasteiger partial charge in [-0.2, -0.15) is 0 Å². The maximum absolute atomic E-state index is 12.0. The van der Waals surface area contributed by atoms with Crippen LogP contribution in [0.15, 0.2) is 42.7 Å². The van der Waals surface area contributed by atoms with E-state index >= 15 is 0 Å². The van der Waals surface area contributed by atoms with E-state index in [1.165, 1.54) is 0 Å². The van der Waals surface area contributed by atoms with Crippen molar-refractivity contribution in [2.45, 2.75) is 18.8 Å². The van der Waals surface area contributed by atoms with Gasteiger partial charge in [-0.25, -0.2) is 0 Å². The Hall–Kier alpha value is -1.09. The topological polar surface area (TPSA) is 30.0 Å². The van der Waals surface area contributed by atoms with Gasteiger partial charge in [0.15, 0.2) is 0 Å². The Morgan fingerprint density at radius 2 is 1.85 bits per heavy atom. The van der Waals surface area contributed by atoms with E-state index in [0.717, 1.165) is 5.56 Å². The highest BCUT2D eigenvalue weighted by Crippen LogP contribution is 2.36. The first-order valence-corrected chi connectivity index (χ1v) is 7.11. The van der Waals surface area contributed by atoms with E-state index in [1.54, 1.807) is 37.5 Å². The summed E-state index contributed by atoms with van der Waals surface area (Å²) in [4.78, 5) is 15.9. The number of halogens is 3. The molecule has 0 radical (unpaired) electrons. The number of hydrogen-bond acceptors (Lipinski definition) is 2. The Morgan fingerprint density at radius 1 is 1.20 bits per heavy atom. The largest absolute Gasteiger partial charge is 0.280 e. The molecule has 0 saturated heterocycles. The average Bonchev–Trinajstić information content (AvgIpc) is 2.39. The highest BCUT2D eigenvalue weighted by atomic mass is 35.5. The molecule has 1 aromatic carbocycles. The van der Waals surface area contributed by atoms with Gasteiger partial charge in [0.2, 0.25) is 5.24 Å². The molecule has 1 heterocycles. The molecule has 104 valence electrons. The number of hydrogen-bond donors (Lipinski definition) is 0. The fourth-order valence-electron chi connectivity index (χ4n) is 2.12. The van der Waals surface area contributed by atoms with Crippen molar-refractivity contribution in [2.24, 2.45) is 0 Å². The van der Waals surface area contributed by atoms with E-state index in [0.29, 0.717) is 22.0 Å². The van der Waals surface area contributed by atoms with Gasteiger partial charge in [0.05, 0.1) is 5.41 Å². The molecule has 2 aromatic rings. The van der Waals surface area contributed by atoms with Crippen LogP contribution in [0.4, 0.5) is 0 Å². The van der Waals surface area contributed by atoms with Crippen molar-refractivity contribution in [2.75, 3.05) is 0 Å². The Bertz CT molecular complexity index is 630. The molecule has 0 aliphatic carbocycles. The molecule has 0 bridgehead atoms. The van der Waals surface area contributed by atoms with Crippen LogP contribution in [-0.2, 0) is 16.6 Å². The zero-order valence-corrected chi connectivity index (χ0v) is 13.0. The molecule has 0 spiro atoms. The van der Waals surface area contributed by atoms with Crippen molar-refractivity contribution in [1.29, 1.82) is 0 Å². The summed E-state index contributed by atoms with van der Waals surface area (Å²) in [5.74, 6) is 0. The molecule has 0 saturated carbocycles. The smallest absolute Gasteiger partial charge is 0.232 e. The molecule has 0 aliphatic heterocycles. The molecular formula is C15H12Cl3NO. The molecule has 1 aromatic heterocycles. The number of benzene rings is 1. The third kappa shape index (κ3) is 3.14. The van der Waals surface area contributed by atoms with E-state index < -0.39 is 10.7 Å². The van der Waals surface area contributed by atoms with Gasteiger partial charge in [0, 0.05) is 22.4 Å². The van der Waals surface area contributed by atoms with Crippen molar-refractivity contribution in [1.82, 2.24) is 4.98 Å². The van der Waals surface area contributed by atoms with E-state index in [2.05, 4.69) is 4.98 Å². The summed E-state index contributed by atoms with van der Waals surface area (Å²) < 4.78 is 0. The van der Waals surface area contributed by atoms with Crippen molar-refractivity contribution in [3.8, 4) is 0 Å². The molecule has 2 nitrogen and oxygen atoms in total. The maximum Gasteiger partial charge on any atom is 0.232 e. The summed E-state index contributed by atoms with van der Waals surface area (Å²) in [5.41, 5.74) is 0.716. The Balaban J connectivity index is 2.47. The van der Waals surface area contributed by atoms with Crippen LogP contribution in [0.25, 0.3) is 0 Å².